The van der Waals surface area contributed by atoms with Crippen molar-refractivity contribution in [2.24, 2.45) is 5.92 Å². The standard InChI is InChI=1S/C26H31F4N3O5/c1-13(31(5)24(37)38-25(2,3)4)14-8-9-32(11-14)21-18(27)10-16-20(19(21)26(28,29)30)33(15-6-7-15)12-17(22(16)34)23(35)36/h10,12-15H,6-9,11H2,1-5H3,(H,35,36)/t13-,14+/m0/s1. The van der Waals surface area contributed by atoms with Gasteiger partial charge in [-0.2, -0.15) is 13.2 Å². The number of benzene rings is 1. The summed E-state index contributed by atoms with van der Waals surface area (Å²) in [6.07, 6.45) is -3.23. The highest BCUT2D eigenvalue weighted by molar-refractivity contribution is 5.95. The number of anilines is 1. The summed E-state index contributed by atoms with van der Waals surface area (Å²) in [6.45, 7) is 7.08. The molecule has 12 heteroatoms. The summed E-state index contributed by atoms with van der Waals surface area (Å²) in [6, 6.07) is -0.100. The zero-order chi connectivity index (χ0) is 28.3. The Hall–Kier alpha value is -3.31. The minimum Gasteiger partial charge on any atom is -0.477 e. The maximum Gasteiger partial charge on any atom is 0.420 e. The minimum atomic E-state index is -5.03. The van der Waals surface area contributed by atoms with Gasteiger partial charge in [-0.1, -0.05) is 0 Å². The molecule has 1 saturated heterocycles. The number of hydrogen-bond donors (Lipinski definition) is 1. The van der Waals surface area contributed by atoms with Crippen LogP contribution in [0.2, 0.25) is 0 Å². The molecule has 1 N–H and O–H groups in total. The van der Waals surface area contributed by atoms with Crippen molar-refractivity contribution in [1.82, 2.24) is 9.47 Å². The van der Waals surface area contributed by atoms with Crippen molar-refractivity contribution in [2.75, 3.05) is 25.0 Å². The van der Waals surface area contributed by atoms with E-state index in [0.717, 1.165) is 12.3 Å². The largest absolute Gasteiger partial charge is 0.477 e. The number of aromatic carboxylic acids is 1. The van der Waals surface area contributed by atoms with Crippen molar-refractivity contribution in [3.05, 3.63) is 39.4 Å². The average Bonchev–Trinajstić information content (AvgIpc) is 3.52. The van der Waals surface area contributed by atoms with E-state index in [2.05, 4.69) is 0 Å². The number of hydrogen-bond acceptors (Lipinski definition) is 5. The van der Waals surface area contributed by atoms with Crippen LogP contribution in [0.5, 0.6) is 0 Å². The van der Waals surface area contributed by atoms with Gasteiger partial charge in [0.15, 0.2) is 0 Å². The van der Waals surface area contributed by atoms with Gasteiger partial charge in [0.25, 0.3) is 0 Å². The Morgan fingerprint density at radius 2 is 1.82 bits per heavy atom. The van der Waals surface area contributed by atoms with Crippen LogP contribution in [0, 0.1) is 11.7 Å². The molecule has 2 aliphatic rings. The Bertz CT molecular complexity index is 1340. The quantitative estimate of drug-likeness (QED) is 0.519. The fraction of sp³-hybridized carbons (Fsp3) is 0.577. The normalized spacial score (nSPS) is 19.1. The van der Waals surface area contributed by atoms with E-state index in [1.807, 2.05) is 0 Å². The van der Waals surface area contributed by atoms with Crippen molar-refractivity contribution in [1.29, 1.82) is 0 Å². The van der Waals surface area contributed by atoms with Gasteiger partial charge in [-0.05, 0) is 58.9 Å². The molecule has 1 aromatic carbocycles. The van der Waals surface area contributed by atoms with Crippen LogP contribution in [0.25, 0.3) is 10.9 Å². The first-order chi connectivity index (χ1) is 17.5. The van der Waals surface area contributed by atoms with Crippen molar-refractivity contribution >= 4 is 28.7 Å². The molecule has 0 bridgehead atoms. The molecule has 1 saturated carbocycles. The van der Waals surface area contributed by atoms with Crippen LogP contribution >= 0.6 is 0 Å². The van der Waals surface area contributed by atoms with Gasteiger partial charge in [0.2, 0.25) is 5.43 Å². The number of aromatic nitrogens is 1. The topological polar surface area (TPSA) is 92.1 Å². The molecule has 208 valence electrons. The number of amides is 1. The number of carbonyl (C=O) groups excluding carboxylic acids is 1. The van der Waals surface area contributed by atoms with Gasteiger partial charge in [-0.15, -0.1) is 0 Å². The summed E-state index contributed by atoms with van der Waals surface area (Å²) in [4.78, 5) is 39.6. The first-order valence-corrected chi connectivity index (χ1v) is 12.4. The maximum atomic E-state index is 15.5. The van der Waals surface area contributed by atoms with Crippen LogP contribution in [0.4, 0.5) is 28.0 Å². The lowest BCUT2D eigenvalue weighted by Crippen LogP contribution is -2.43. The lowest BCUT2D eigenvalue weighted by molar-refractivity contribution is -0.136. The Morgan fingerprint density at radius 3 is 2.34 bits per heavy atom. The second-order valence-corrected chi connectivity index (χ2v) is 11.1. The molecular weight excluding hydrogens is 510 g/mol. The SMILES string of the molecule is C[C@@H]([C@@H]1CCN(c2c(F)cc3c(=O)c(C(=O)O)cn(C4CC4)c3c2C(F)(F)F)C1)N(C)C(=O)OC(C)(C)C. The van der Waals surface area contributed by atoms with E-state index in [1.54, 1.807) is 34.7 Å². The average molecular weight is 542 g/mol. The molecule has 1 amide bonds. The van der Waals surface area contributed by atoms with Crippen LogP contribution in [0.15, 0.2) is 17.1 Å². The molecule has 1 aliphatic carbocycles. The van der Waals surface area contributed by atoms with Crippen molar-refractivity contribution in [2.45, 2.75) is 70.8 Å². The van der Waals surface area contributed by atoms with Gasteiger partial charge in [-0.3, -0.25) is 4.79 Å². The zero-order valence-electron chi connectivity index (χ0n) is 21.9. The highest BCUT2D eigenvalue weighted by Crippen LogP contribution is 2.47. The summed E-state index contributed by atoms with van der Waals surface area (Å²) < 4.78 is 65.9. The maximum absolute atomic E-state index is 15.5. The van der Waals surface area contributed by atoms with Gasteiger partial charge in [-0.25, -0.2) is 14.0 Å². The highest BCUT2D eigenvalue weighted by Gasteiger charge is 2.44. The van der Waals surface area contributed by atoms with Gasteiger partial charge in [0.05, 0.1) is 16.6 Å². The van der Waals surface area contributed by atoms with E-state index in [1.165, 1.54) is 14.4 Å². The van der Waals surface area contributed by atoms with E-state index in [0.29, 0.717) is 19.3 Å². The Kier molecular flexibility index (Phi) is 6.90. The number of fused-ring (bicyclic) bond motifs is 1. The number of nitrogens with zero attached hydrogens (tertiary/aromatic N) is 3. The minimum absolute atomic E-state index is 0.0423. The third kappa shape index (κ3) is 5.17. The fourth-order valence-electron chi connectivity index (χ4n) is 5.05. The lowest BCUT2D eigenvalue weighted by atomic mass is 9.99. The molecule has 2 aromatic rings. The van der Waals surface area contributed by atoms with Crippen molar-refractivity contribution in [3.63, 3.8) is 0 Å². The fourth-order valence-corrected chi connectivity index (χ4v) is 5.05. The van der Waals surface area contributed by atoms with E-state index in [9.17, 15) is 32.7 Å². The number of ether oxygens (including phenoxy) is 1. The van der Waals surface area contributed by atoms with Crippen molar-refractivity contribution in [3.8, 4) is 0 Å². The highest BCUT2D eigenvalue weighted by atomic mass is 19.4. The number of carboxylic acid groups (broad SMARTS) is 1. The number of carboxylic acids is 1. The van der Waals surface area contributed by atoms with Crippen LogP contribution in [-0.2, 0) is 10.9 Å². The molecule has 1 aromatic heterocycles. The van der Waals surface area contributed by atoms with Crippen LogP contribution in [0.1, 0.15) is 68.9 Å². The summed E-state index contributed by atoms with van der Waals surface area (Å²) in [5.41, 5.74) is -5.05. The van der Waals surface area contributed by atoms with E-state index >= 15 is 4.39 Å². The second-order valence-electron chi connectivity index (χ2n) is 11.1. The molecule has 0 unspecified atom stereocenters. The Morgan fingerprint density at radius 1 is 1.18 bits per heavy atom. The summed E-state index contributed by atoms with van der Waals surface area (Å²) >= 11 is 0. The van der Waals surface area contributed by atoms with Crippen LogP contribution in [0.3, 0.4) is 0 Å². The third-order valence-electron chi connectivity index (χ3n) is 7.21. The molecule has 0 radical (unpaired) electrons. The number of alkyl halides is 3. The molecule has 2 fully saturated rings. The van der Waals surface area contributed by atoms with E-state index < -0.39 is 74.9 Å². The Labute approximate surface area is 216 Å². The first kappa shape index (κ1) is 27.7. The van der Waals surface area contributed by atoms with Crippen LogP contribution in [-0.4, -0.2) is 58.4 Å². The molecule has 4 rings (SSSR count). The number of carbonyl (C=O) groups is 2. The molecule has 8 nitrogen and oxygen atoms in total. The predicted molar refractivity (Wildman–Crippen MR) is 132 cm³/mol. The second kappa shape index (κ2) is 9.46. The molecule has 2 atom stereocenters. The third-order valence-corrected chi connectivity index (χ3v) is 7.21. The zero-order valence-corrected chi connectivity index (χ0v) is 21.9. The summed E-state index contributed by atoms with van der Waals surface area (Å²) in [5.74, 6) is -3.11. The van der Waals surface area contributed by atoms with Gasteiger partial charge >= 0.3 is 18.2 Å². The number of halogens is 4. The van der Waals surface area contributed by atoms with E-state index in [4.69, 9.17) is 4.74 Å². The van der Waals surface area contributed by atoms with Gasteiger partial charge in [0.1, 0.15) is 22.5 Å². The molecule has 1 aliphatic heterocycles. The van der Waals surface area contributed by atoms with Crippen LogP contribution < -0.4 is 10.3 Å². The molecule has 0 spiro atoms. The lowest BCUT2D eigenvalue weighted by Gasteiger charge is -2.32. The monoisotopic (exact) mass is 541 g/mol. The summed E-state index contributed by atoms with van der Waals surface area (Å²) in [7, 11) is 1.55. The number of rotatable bonds is 5. The van der Waals surface area contributed by atoms with Gasteiger partial charge < -0.3 is 24.2 Å². The smallest absolute Gasteiger partial charge is 0.420 e. The molecule has 2 heterocycles. The molecule has 38 heavy (non-hydrogen) atoms. The Balaban J connectivity index is 1.79. The first-order valence-electron chi connectivity index (χ1n) is 12.4. The summed E-state index contributed by atoms with van der Waals surface area (Å²) in [5, 5.41) is 8.82. The predicted octanol–water partition coefficient (Wildman–Crippen LogP) is 5.27. The molecular formula is C26H31F4N3O5. The van der Waals surface area contributed by atoms with Gasteiger partial charge in [0, 0.05) is 38.4 Å². The van der Waals surface area contributed by atoms with E-state index in [-0.39, 0.29) is 19.0 Å². The van der Waals surface area contributed by atoms with Crippen molar-refractivity contribution < 1.29 is 37.0 Å². The number of pyridine rings is 1.